The lowest BCUT2D eigenvalue weighted by Crippen LogP contribution is -2.01. The normalized spacial score (nSPS) is 12.7. The van der Waals surface area contributed by atoms with Gasteiger partial charge in [0.05, 0.1) is 17.9 Å². The van der Waals surface area contributed by atoms with Crippen LogP contribution in [0.15, 0.2) is 30.5 Å². The van der Waals surface area contributed by atoms with Crippen molar-refractivity contribution in [3.8, 4) is 0 Å². The number of aryl methyl sites for hydroxylation is 1. The Morgan fingerprint density at radius 1 is 1.33 bits per heavy atom. The van der Waals surface area contributed by atoms with Crippen LogP contribution in [0.1, 0.15) is 22.9 Å². The minimum Gasteiger partial charge on any atom is -0.386 e. The van der Waals surface area contributed by atoms with Gasteiger partial charge < -0.3 is 5.11 Å². The monoisotopic (exact) mass is 220 g/mol. The molecule has 0 amide bonds. The van der Waals surface area contributed by atoms with E-state index >= 15 is 0 Å². The maximum Gasteiger partial charge on any atom is 0.103 e. The molecule has 1 aromatic heterocycles. The number of rotatable bonds is 3. The van der Waals surface area contributed by atoms with Gasteiger partial charge in [-0.25, -0.2) is 0 Å². The highest BCUT2D eigenvalue weighted by molar-refractivity contribution is 6.99. The molecule has 0 saturated carbocycles. The molecule has 0 saturated heterocycles. The van der Waals surface area contributed by atoms with E-state index in [4.69, 9.17) is 0 Å². The summed E-state index contributed by atoms with van der Waals surface area (Å²) in [6, 6.07) is 8.14. The molecular formula is C11H12N2OS. The Labute approximate surface area is 92.7 Å². The highest BCUT2D eigenvalue weighted by Crippen LogP contribution is 2.16. The van der Waals surface area contributed by atoms with Crippen LogP contribution in [-0.2, 0) is 6.42 Å². The number of hydrogen-bond acceptors (Lipinski definition) is 4. The van der Waals surface area contributed by atoms with Crippen molar-refractivity contribution in [3.05, 3.63) is 47.3 Å². The summed E-state index contributed by atoms with van der Waals surface area (Å²) in [5.74, 6) is 0. The standard InChI is InChI=1S/C11H12N2OS/c1-8-2-4-9(5-3-8)6-11(14)10-7-12-15-13-10/h2-5,7,11,14H,6H2,1H3. The summed E-state index contributed by atoms with van der Waals surface area (Å²) in [6.45, 7) is 2.05. The molecule has 2 rings (SSSR count). The summed E-state index contributed by atoms with van der Waals surface area (Å²) in [4.78, 5) is 0. The van der Waals surface area contributed by atoms with Crippen LogP contribution < -0.4 is 0 Å². The van der Waals surface area contributed by atoms with E-state index in [9.17, 15) is 5.11 Å². The highest BCUT2D eigenvalue weighted by atomic mass is 32.1. The van der Waals surface area contributed by atoms with Gasteiger partial charge in [0.2, 0.25) is 0 Å². The van der Waals surface area contributed by atoms with E-state index in [1.54, 1.807) is 6.20 Å². The summed E-state index contributed by atoms with van der Waals surface area (Å²) < 4.78 is 7.88. The van der Waals surface area contributed by atoms with Crippen LogP contribution >= 0.6 is 11.7 Å². The molecule has 1 unspecified atom stereocenters. The van der Waals surface area contributed by atoms with Crippen LogP contribution in [0.3, 0.4) is 0 Å². The molecule has 1 N–H and O–H groups in total. The van der Waals surface area contributed by atoms with Crippen molar-refractivity contribution < 1.29 is 5.11 Å². The maximum absolute atomic E-state index is 9.84. The molecule has 78 valence electrons. The molecule has 2 aromatic rings. The Hall–Kier alpha value is -1.26. The zero-order chi connectivity index (χ0) is 10.7. The minimum absolute atomic E-state index is 0.550. The zero-order valence-electron chi connectivity index (χ0n) is 8.42. The van der Waals surface area contributed by atoms with Gasteiger partial charge in [-0.1, -0.05) is 29.8 Å². The molecule has 1 heterocycles. The Kier molecular flexibility index (Phi) is 3.08. The van der Waals surface area contributed by atoms with Gasteiger partial charge in [-0.2, -0.15) is 8.75 Å². The Morgan fingerprint density at radius 3 is 2.67 bits per heavy atom. The third kappa shape index (κ3) is 2.61. The van der Waals surface area contributed by atoms with E-state index < -0.39 is 6.10 Å². The van der Waals surface area contributed by atoms with Crippen LogP contribution in [0.2, 0.25) is 0 Å². The fraction of sp³-hybridized carbons (Fsp3) is 0.273. The van der Waals surface area contributed by atoms with Gasteiger partial charge in [-0.05, 0) is 12.5 Å². The second-order valence-electron chi connectivity index (χ2n) is 3.54. The zero-order valence-corrected chi connectivity index (χ0v) is 9.24. The van der Waals surface area contributed by atoms with E-state index in [-0.39, 0.29) is 0 Å². The third-order valence-electron chi connectivity index (χ3n) is 2.27. The van der Waals surface area contributed by atoms with Gasteiger partial charge in [0.25, 0.3) is 0 Å². The predicted molar refractivity (Wildman–Crippen MR) is 59.8 cm³/mol. The molecule has 0 aliphatic carbocycles. The summed E-state index contributed by atoms with van der Waals surface area (Å²) >= 11 is 1.12. The molecule has 0 fully saturated rings. The molecule has 0 aliphatic heterocycles. The van der Waals surface area contributed by atoms with Crippen LogP contribution in [0.4, 0.5) is 0 Å². The average molecular weight is 220 g/mol. The molecular weight excluding hydrogens is 208 g/mol. The van der Waals surface area contributed by atoms with Crippen molar-refractivity contribution in [1.82, 2.24) is 8.75 Å². The molecule has 4 heteroatoms. The molecule has 1 aromatic carbocycles. The lowest BCUT2D eigenvalue weighted by atomic mass is 10.0. The average Bonchev–Trinajstić information content (AvgIpc) is 2.74. The van der Waals surface area contributed by atoms with Crippen molar-refractivity contribution in [2.24, 2.45) is 0 Å². The fourth-order valence-electron chi connectivity index (χ4n) is 1.37. The number of aromatic nitrogens is 2. The number of benzene rings is 1. The quantitative estimate of drug-likeness (QED) is 0.861. The topological polar surface area (TPSA) is 46.0 Å². The van der Waals surface area contributed by atoms with Gasteiger partial charge in [0, 0.05) is 6.42 Å². The van der Waals surface area contributed by atoms with Gasteiger partial charge in [0.1, 0.15) is 11.8 Å². The molecule has 1 atom stereocenters. The molecule has 15 heavy (non-hydrogen) atoms. The molecule has 0 aliphatic rings. The van der Waals surface area contributed by atoms with E-state index in [1.165, 1.54) is 5.56 Å². The van der Waals surface area contributed by atoms with Crippen molar-refractivity contribution in [2.75, 3.05) is 0 Å². The Morgan fingerprint density at radius 2 is 2.07 bits per heavy atom. The lowest BCUT2D eigenvalue weighted by molar-refractivity contribution is 0.174. The van der Waals surface area contributed by atoms with Crippen LogP contribution in [-0.4, -0.2) is 13.9 Å². The van der Waals surface area contributed by atoms with Gasteiger partial charge >= 0.3 is 0 Å². The highest BCUT2D eigenvalue weighted by Gasteiger charge is 2.10. The van der Waals surface area contributed by atoms with Crippen molar-refractivity contribution >= 4 is 11.7 Å². The lowest BCUT2D eigenvalue weighted by Gasteiger charge is -2.07. The first kappa shape index (κ1) is 10.3. The summed E-state index contributed by atoms with van der Waals surface area (Å²) in [7, 11) is 0. The molecule has 0 spiro atoms. The summed E-state index contributed by atoms with van der Waals surface area (Å²) in [5, 5.41) is 9.84. The molecule has 3 nitrogen and oxygen atoms in total. The Balaban J connectivity index is 2.06. The Bertz CT molecular complexity index is 411. The smallest absolute Gasteiger partial charge is 0.103 e. The third-order valence-corrected chi connectivity index (χ3v) is 2.76. The van der Waals surface area contributed by atoms with E-state index in [0.717, 1.165) is 17.3 Å². The van der Waals surface area contributed by atoms with Crippen molar-refractivity contribution in [3.63, 3.8) is 0 Å². The first-order valence-corrected chi connectivity index (χ1v) is 5.50. The van der Waals surface area contributed by atoms with Gasteiger partial charge in [0.15, 0.2) is 0 Å². The second-order valence-corrected chi connectivity index (χ2v) is 4.09. The van der Waals surface area contributed by atoms with Crippen molar-refractivity contribution in [1.29, 1.82) is 0 Å². The van der Waals surface area contributed by atoms with Crippen LogP contribution in [0, 0.1) is 6.92 Å². The van der Waals surface area contributed by atoms with Gasteiger partial charge in [-0.3, -0.25) is 0 Å². The SMILES string of the molecule is Cc1ccc(CC(O)c2cnsn2)cc1. The molecule has 0 bridgehead atoms. The van der Waals surface area contributed by atoms with Crippen LogP contribution in [0.5, 0.6) is 0 Å². The van der Waals surface area contributed by atoms with Crippen molar-refractivity contribution in [2.45, 2.75) is 19.4 Å². The van der Waals surface area contributed by atoms with Crippen LogP contribution in [0.25, 0.3) is 0 Å². The molecule has 0 radical (unpaired) electrons. The summed E-state index contributed by atoms with van der Waals surface area (Å²) in [6.07, 6.45) is 1.65. The summed E-state index contributed by atoms with van der Waals surface area (Å²) in [5.41, 5.74) is 2.99. The fourth-order valence-corrected chi connectivity index (χ4v) is 1.84. The number of nitrogens with zero attached hydrogens (tertiary/aromatic N) is 2. The first-order valence-electron chi connectivity index (χ1n) is 4.77. The number of aliphatic hydroxyl groups excluding tert-OH is 1. The predicted octanol–water partition coefficient (Wildman–Crippen LogP) is 2.12. The number of aliphatic hydroxyl groups is 1. The number of hydrogen-bond donors (Lipinski definition) is 1. The largest absolute Gasteiger partial charge is 0.386 e. The van der Waals surface area contributed by atoms with E-state index in [0.29, 0.717) is 12.1 Å². The van der Waals surface area contributed by atoms with E-state index in [1.807, 2.05) is 31.2 Å². The minimum atomic E-state index is -0.550. The first-order chi connectivity index (χ1) is 7.25. The van der Waals surface area contributed by atoms with Gasteiger partial charge in [-0.15, -0.1) is 0 Å². The maximum atomic E-state index is 9.84. The second kappa shape index (κ2) is 4.51. The van der Waals surface area contributed by atoms with E-state index in [2.05, 4.69) is 8.75 Å².